The van der Waals surface area contributed by atoms with Crippen LogP contribution in [0, 0.1) is 0 Å². The summed E-state index contributed by atoms with van der Waals surface area (Å²) < 4.78 is 5.89. The third-order valence-electron chi connectivity index (χ3n) is 3.89. The normalized spacial score (nSPS) is 11.3. The Morgan fingerprint density at radius 2 is 1.59 bits per heavy atom. The van der Waals surface area contributed by atoms with Crippen LogP contribution in [0.2, 0.25) is 0 Å². The van der Waals surface area contributed by atoms with E-state index in [0.29, 0.717) is 11.4 Å². The molecule has 1 amide bonds. The third-order valence-corrected chi connectivity index (χ3v) is 3.89. The Morgan fingerprint density at radius 3 is 2.22 bits per heavy atom. The van der Waals surface area contributed by atoms with E-state index in [9.17, 15) is 4.79 Å². The van der Waals surface area contributed by atoms with Crippen molar-refractivity contribution < 1.29 is 9.53 Å². The molecule has 0 radical (unpaired) electrons. The molecule has 2 heterocycles. The number of pyridine rings is 2. The minimum atomic E-state index is -1.02. The van der Waals surface area contributed by atoms with Crippen molar-refractivity contribution in [2.75, 3.05) is 5.32 Å². The number of amides is 1. The zero-order valence-electron chi connectivity index (χ0n) is 15.3. The van der Waals surface area contributed by atoms with Crippen molar-refractivity contribution in [3.63, 3.8) is 0 Å². The van der Waals surface area contributed by atoms with Gasteiger partial charge in [0.25, 0.3) is 5.91 Å². The molecule has 1 N–H and O–H groups in total. The predicted molar refractivity (Wildman–Crippen MR) is 107 cm³/mol. The molecule has 0 fully saturated rings. The van der Waals surface area contributed by atoms with Crippen molar-refractivity contribution in [2.24, 2.45) is 0 Å². The van der Waals surface area contributed by atoms with Gasteiger partial charge in [-0.2, -0.15) is 0 Å². The molecule has 2 aromatic heterocycles. The molecule has 0 aliphatic heterocycles. The van der Waals surface area contributed by atoms with Gasteiger partial charge in [0.05, 0.1) is 11.9 Å². The van der Waals surface area contributed by atoms with Crippen molar-refractivity contribution in [3.05, 3.63) is 84.4 Å². The summed E-state index contributed by atoms with van der Waals surface area (Å²) in [5.74, 6) is 0.388. The summed E-state index contributed by atoms with van der Waals surface area (Å²) in [6.45, 7) is 3.46. The molecule has 0 spiro atoms. The van der Waals surface area contributed by atoms with Gasteiger partial charge in [0.15, 0.2) is 5.60 Å². The minimum absolute atomic E-state index is 0.239. The highest BCUT2D eigenvalue weighted by Gasteiger charge is 2.30. The average Bonchev–Trinajstić information content (AvgIpc) is 2.69. The average molecular weight is 359 g/mol. The van der Waals surface area contributed by atoms with Gasteiger partial charge in [-0.05, 0) is 61.4 Å². The zero-order chi connectivity index (χ0) is 19.1. The standard InChI is InChI=1S/C22H21N3O2/c1-22(2,21(26)25-19-4-3-13-24-16-19)27-20-9-7-17(8-10-20)5-6-18-11-14-23-15-12-18/h3-16H,1-2H3,(H,25,26)/b6-5+. The Labute approximate surface area is 158 Å². The fraction of sp³-hybridized carbons (Fsp3) is 0.136. The quantitative estimate of drug-likeness (QED) is 0.706. The molecule has 5 heteroatoms. The number of carbonyl (C=O) groups is 1. The van der Waals surface area contributed by atoms with Gasteiger partial charge in [0.1, 0.15) is 5.75 Å². The van der Waals surface area contributed by atoms with Gasteiger partial charge in [-0.1, -0.05) is 24.3 Å². The van der Waals surface area contributed by atoms with Crippen LogP contribution in [0.15, 0.2) is 73.3 Å². The number of rotatable bonds is 6. The van der Waals surface area contributed by atoms with E-state index in [1.54, 1.807) is 50.8 Å². The third kappa shape index (κ3) is 5.25. The number of ether oxygens (including phenoxy) is 1. The number of nitrogens with one attached hydrogen (secondary N) is 1. The maximum atomic E-state index is 12.5. The number of benzene rings is 1. The summed E-state index contributed by atoms with van der Waals surface area (Å²) in [4.78, 5) is 20.5. The van der Waals surface area contributed by atoms with Crippen LogP contribution in [0.3, 0.4) is 0 Å². The number of carbonyl (C=O) groups excluding carboxylic acids is 1. The number of aromatic nitrogens is 2. The maximum Gasteiger partial charge on any atom is 0.268 e. The van der Waals surface area contributed by atoms with Crippen molar-refractivity contribution in [3.8, 4) is 5.75 Å². The molecular formula is C22H21N3O2. The first kappa shape index (κ1) is 18.3. The molecule has 136 valence electrons. The van der Waals surface area contributed by atoms with Gasteiger partial charge in [-0.3, -0.25) is 14.8 Å². The lowest BCUT2D eigenvalue weighted by molar-refractivity contribution is -0.128. The molecule has 0 saturated carbocycles. The van der Waals surface area contributed by atoms with E-state index < -0.39 is 5.60 Å². The van der Waals surface area contributed by atoms with E-state index in [4.69, 9.17) is 4.74 Å². The minimum Gasteiger partial charge on any atom is -0.478 e. The Morgan fingerprint density at radius 1 is 0.926 bits per heavy atom. The van der Waals surface area contributed by atoms with Gasteiger partial charge in [0, 0.05) is 18.6 Å². The van der Waals surface area contributed by atoms with Crippen molar-refractivity contribution in [1.82, 2.24) is 9.97 Å². The van der Waals surface area contributed by atoms with E-state index in [2.05, 4.69) is 15.3 Å². The van der Waals surface area contributed by atoms with Gasteiger partial charge in [-0.25, -0.2) is 0 Å². The highest BCUT2D eigenvalue weighted by atomic mass is 16.5. The molecule has 0 saturated heterocycles. The molecule has 27 heavy (non-hydrogen) atoms. The zero-order valence-corrected chi connectivity index (χ0v) is 15.3. The highest BCUT2D eigenvalue weighted by molar-refractivity contribution is 5.96. The number of hydrogen-bond acceptors (Lipinski definition) is 4. The summed E-state index contributed by atoms with van der Waals surface area (Å²) in [5, 5.41) is 2.81. The summed E-state index contributed by atoms with van der Waals surface area (Å²) in [7, 11) is 0. The van der Waals surface area contributed by atoms with E-state index >= 15 is 0 Å². The van der Waals surface area contributed by atoms with Crippen LogP contribution in [0.4, 0.5) is 5.69 Å². The second-order valence-electron chi connectivity index (χ2n) is 6.49. The Hall–Kier alpha value is -3.47. The smallest absolute Gasteiger partial charge is 0.268 e. The lowest BCUT2D eigenvalue weighted by Crippen LogP contribution is -2.42. The molecule has 0 bridgehead atoms. The van der Waals surface area contributed by atoms with Gasteiger partial charge in [-0.15, -0.1) is 0 Å². The van der Waals surface area contributed by atoms with Crippen LogP contribution in [0.5, 0.6) is 5.75 Å². The summed E-state index contributed by atoms with van der Waals surface area (Å²) in [6, 6.07) is 15.0. The molecular weight excluding hydrogens is 338 g/mol. The second kappa shape index (κ2) is 8.27. The fourth-order valence-electron chi connectivity index (χ4n) is 2.37. The van der Waals surface area contributed by atoms with E-state index in [1.807, 2.05) is 48.6 Å². The fourth-order valence-corrected chi connectivity index (χ4v) is 2.37. The lowest BCUT2D eigenvalue weighted by Gasteiger charge is -2.25. The van der Waals surface area contributed by atoms with E-state index in [-0.39, 0.29) is 5.91 Å². The van der Waals surface area contributed by atoms with Crippen LogP contribution in [-0.4, -0.2) is 21.5 Å². The summed E-state index contributed by atoms with van der Waals surface area (Å²) >= 11 is 0. The van der Waals surface area contributed by atoms with Gasteiger partial charge >= 0.3 is 0 Å². The summed E-state index contributed by atoms with van der Waals surface area (Å²) in [6.07, 6.45) is 10.8. The summed E-state index contributed by atoms with van der Waals surface area (Å²) in [5.41, 5.74) is 1.73. The van der Waals surface area contributed by atoms with Gasteiger partial charge < -0.3 is 10.1 Å². The number of anilines is 1. The van der Waals surface area contributed by atoms with Gasteiger partial charge in [0.2, 0.25) is 0 Å². The highest BCUT2D eigenvalue weighted by Crippen LogP contribution is 2.21. The molecule has 3 rings (SSSR count). The predicted octanol–water partition coefficient (Wildman–Crippen LogP) is 4.44. The van der Waals surface area contributed by atoms with Crippen LogP contribution in [0.25, 0.3) is 12.2 Å². The molecule has 3 aromatic rings. The molecule has 0 aliphatic rings. The van der Waals surface area contributed by atoms with Crippen molar-refractivity contribution >= 4 is 23.7 Å². The topological polar surface area (TPSA) is 64.1 Å². The Kier molecular flexibility index (Phi) is 5.61. The van der Waals surface area contributed by atoms with Crippen LogP contribution in [0.1, 0.15) is 25.0 Å². The number of hydrogen-bond donors (Lipinski definition) is 1. The SMILES string of the molecule is CC(C)(Oc1ccc(/C=C/c2ccncc2)cc1)C(=O)Nc1cccnc1. The lowest BCUT2D eigenvalue weighted by atomic mass is 10.1. The molecule has 0 atom stereocenters. The first-order valence-electron chi connectivity index (χ1n) is 8.62. The first-order valence-corrected chi connectivity index (χ1v) is 8.62. The number of nitrogens with zero attached hydrogens (tertiary/aromatic N) is 2. The van der Waals surface area contributed by atoms with Crippen LogP contribution >= 0.6 is 0 Å². The second-order valence-corrected chi connectivity index (χ2v) is 6.49. The first-order chi connectivity index (χ1) is 13.0. The van der Waals surface area contributed by atoms with E-state index in [1.165, 1.54) is 0 Å². The molecule has 0 unspecified atom stereocenters. The van der Waals surface area contributed by atoms with Crippen LogP contribution < -0.4 is 10.1 Å². The van der Waals surface area contributed by atoms with Crippen molar-refractivity contribution in [1.29, 1.82) is 0 Å². The van der Waals surface area contributed by atoms with Crippen molar-refractivity contribution in [2.45, 2.75) is 19.4 Å². The Balaban J connectivity index is 1.63. The largest absolute Gasteiger partial charge is 0.478 e. The molecule has 0 aliphatic carbocycles. The van der Waals surface area contributed by atoms with Crippen LogP contribution in [-0.2, 0) is 4.79 Å². The Bertz CT molecular complexity index is 905. The molecule has 5 nitrogen and oxygen atoms in total. The monoisotopic (exact) mass is 359 g/mol. The molecule has 1 aromatic carbocycles. The van der Waals surface area contributed by atoms with E-state index in [0.717, 1.165) is 11.1 Å². The maximum absolute atomic E-state index is 12.5.